The molecule has 1 aliphatic heterocycles. The van der Waals surface area contributed by atoms with Gasteiger partial charge in [-0.1, -0.05) is 6.07 Å². The van der Waals surface area contributed by atoms with Gasteiger partial charge < -0.3 is 15.1 Å². The standard InChI is InChI=1S/C15H23N3O2S/c1-4-18-10-11(8-14(18)19)15(20)16-9-12(17(2)3)13-6-5-7-21-13/h5-7,11-12H,4,8-10H2,1-3H3,(H,16,20)/t11-,12-/m0/s1. The largest absolute Gasteiger partial charge is 0.354 e. The molecule has 6 heteroatoms. The van der Waals surface area contributed by atoms with E-state index in [9.17, 15) is 9.59 Å². The Kier molecular flexibility index (Phi) is 5.36. The number of nitrogens with one attached hydrogen (secondary N) is 1. The molecule has 2 amide bonds. The lowest BCUT2D eigenvalue weighted by molar-refractivity contribution is -0.128. The first-order valence-electron chi connectivity index (χ1n) is 7.28. The summed E-state index contributed by atoms with van der Waals surface area (Å²) in [6, 6.07) is 4.28. The van der Waals surface area contributed by atoms with Crippen LogP contribution in [0.25, 0.3) is 0 Å². The molecule has 0 aromatic carbocycles. The van der Waals surface area contributed by atoms with Crippen LogP contribution in [0.5, 0.6) is 0 Å². The number of carbonyl (C=O) groups is 2. The molecule has 5 nitrogen and oxygen atoms in total. The summed E-state index contributed by atoms with van der Waals surface area (Å²) in [5, 5.41) is 5.05. The predicted octanol–water partition coefficient (Wildman–Crippen LogP) is 1.34. The summed E-state index contributed by atoms with van der Waals surface area (Å²) < 4.78 is 0. The van der Waals surface area contributed by atoms with E-state index in [1.165, 1.54) is 4.88 Å². The highest BCUT2D eigenvalue weighted by atomic mass is 32.1. The van der Waals surface area contributed by atoms with Crippen LogP contribution in [0.4, 0.5) is 0 Å². The van der Waals surface area contributed by atoms with Crippen molar-refractivity contribution in [1.82, 2.24) is 15.1 Å². The van der Waals surface area contributed by atoms with Crippen LogP contribution in [0.3, 0.4) is 0 Å². The Balaban J connectivity index is 1.90. The number of nitrogens with zero attached hydrogens (tertiary/aromatic N) is 2. The van der Waals surface area contributed by atoms with Crippen molar-refractivity contribution in [1.29, 1.82) is 0 Å². The Morgan fingerprint density at radius 3 is 2.86 bits per heavy atom. The maximum atomic E-state index is 12.2. The van der Waals surface area contributed by atoms with Crippen LogP contribution in [0.15, 0.2) is 17.5 Å². The second-order valence-electron chi connectivity index (χ2n) is 5.57. The highest BCUT2D eigenvalue weighted by Crippen LogP contribution is 2.23. The van der Waals surface area contributed by atoms with Crippen LogP contribution in [0, 0.1) is 5.92 Å². The van der Waals surface area contributed by atoms with E-state index in [1.54, 1.807) is 16.2 Å². The molecule has 1 aromatic heterocycles. The van der Waals surface area contributed by atoms with Crippen LogP contribution in [0.2, 0.25) is 0 Å². The van der Waals surface area contributed by atoms with Crippen molar-refractivity contribution in [3.63, 3.8) is 0 Å². The van der Waals surface area contributed by atoms with Crippen LogP contribution in [0.1, 0.15) is 24.3 Å². The van der Waals surface area contributed by atoms with Gasteiger partial charge in [-0.2, -0.15) is 0 Å². The van der Waals surface area contributed by atoms with Crippen molar-refractivity contribution in [3.05, 3.63) is 22.4 Å². The molecule has 0 spiro atoms. The lowest BCUT2D eigenvalue weighted by Crippen LogP contribution is -2.38. The van der Waals surface area contributed by atoms with E-state index in [2.05, 4.69) is 16.3 Å². The highest BCUT2D eigenvalue weighted by Gasteiger charge is 2.33. The topological polar surface area (TPSA) is 52.7 Å². The fraction of sp³-hybridized carbons (Fsp3) is 0.600. The maximum absolute atomic E-state index is 12.2. The third-order valence-electron chi connectivity index (χ3n) is 3.93. The van der Waals surface area contributed by atoms with E-state index in [4.69, 9.17) is 0 Å². The SMILES string of the molecule is CCN1C[C@@H](C(=O)NC[C@@H](c2cccs2)N(C)C)CC1=O. The number of likely N-dealkylation sites (N-methyl/N-ethyl adjacent to an activating group) is 1. The fourth-order valence-corrected chi connectivity index (χ4v) is 3.54. The molecule has 0 unspecified atom stereocenters. The minimum Gasteiger partial charge on any atom is -0.354 e. The lowest BCUT2D eigenvalue weighted by atomic mass is 10.1. The summed E-state index contributed by atoms with van der Waals surface area (Å²) in [7, 11) is 4.02. The zero-order valence-electron chi connectivity index (χ0n) is 12.8. The van der Waals surface area contributed by atoms with Crippen LogP contribution >= 0.6 is 11.3 Å². The van der Waals surface area contributed by atoms with Gasteiger partial charge in [0, 0.05) is 30.9 Å². The Bertz CT molecular complexity index is 487. The molecular formula is C15H23N3O2S. The maximum Gasteiger partial charge on any atom is 0.225 e. The van der Waals surface area contributed by atoms with E-state index in [1.807, 2.05) is 32.5 Å². The number of hydrogen-bond acceptors (Lipinski definition) is 4. The first-order valence-corrected chi connectivity index (χ1v) is 8.16. The van der Waals surface area contributed by atoms with Gasteiger partial charge >= 0.3 is 0 Å². The van der Waals surface area contributed by atoms with Crippen molar-refractivity contribution in [2.24, 2.45) is 5.92 Å². The van der Waals surface area contributed by atoms with Gasteiger partial charge in [0.25, 0.3) is 0 Å². The van der Waals surface area contributed by atoms with Crippen LogP contribution in [-0.2, 0) is 9.59 Å². The van der Waals surface area contributed by atoms with Crippen LogP contribution in [-0.4, -0.2) is 55.3 Å². The summed E-state index contributed by atoms with van der Waals surface area (Å²) in [6.45, 7) is 3.74. The molecule has 0 aliphatic carbocycles. The van der Waals surface area contributed by atoms with Gasteiger partial charge in [-0.25, -0.2) is 0 Å². The molecule has 1 aliphatic rings. The quantitative estimate of drug-likeness (QED) is 0.863. The number of hydrogen-bond donors (Lipinski definition) is 1. The molecule has 0 radical (unpaired) electrons. The Morgan fingerprint density at radius 1 is 1.57 bits per heavy atom. The average Bonchev–Trinajstić information content (AvgIpc) is 3.07. The van der Waals surface area contributed by atoms with Gasteiger partial charge in [-0.15, -0.1) is 11.3 Å². The van der Waals surface area contributed by atoms with Gasteiger partial charge in [0.1, 0.15) is 0 Å². The van der Waals surface area contributed by atoms with Crippen molar-refractivity contribution in [2.45, 2.75) is 19.4 Å². The normalized spacial score (nSPS) is 20.1. The van der Waals surface area contributed by atoms with E-state index in [0.29, 0.717) is 26.1 Å². The molecule has 0 bridgehead atoms. The molecule has 2 rings (SSSR count). The molecule has 116 valence electrons. The minimum atomic E-state index is -0.205. The molecule has 1 N–H and O–H groups in total. The third kappa shape index (κ3) is 3.83. The Hall–Kier alpha value is -1.40. The second-order valence-corrected chi connectivity index (χ2v) is 6.55. The zero-order chi connectivity index (χ0) is 15.4. The number of rotatable bonds is 6. The van der Waals surface area contributed by atoms with Gasteiger partial charge in [-0.3, -0.25) is 9.59 Å². The first kappa shape index (κ1) is 16.0. The summed E-state index contributed by atoms with van der Waals surface area (Å²) in [4.78, 5) is 29.0. The number of likely N-dealkylation sites (tertiary alicyclic amines) is 1. The summed E-state index contributed by atoms with van der Waals surface area (Å²) in [5.74, 6) is -0.133. The molecule has 2 heterocycles. The smallest absolute Gasteiger partial charge is 0.225 e. The first-order chi connectivity index (χ1) is 10.0. The van der Waals surface area contributed by atoms with Gasteiger partial charge in [-0.05, 0) is 32.5 Å². The lowest BCUT2D eigenvalue weighted by Gasteiger charge is -2.24. The van der Waals surface area contributed by atoms with Crippen molar-refractivity contribution >= 4 is 23.2 Å². The van der Waals surface area contributed by atoms with E-state index in [0.717, 1.165) is 0 Å². The predicted molar refractivity (Wildman–Crippen MR) is 84.1 cm³/mol. The average molecular weight is 309 g/mol. The van der Waals surface area contributed by atoms with E-state index < -0.39 is 0 Å². The fourth-order valence-electron chi connectivity index (χ4n) is 2.61. The molecule has 1 fully saturated rings. The molecule has 1 aromatic rings. The van der Waals surface area contributed by atoms with Crippen molar-refractivity contribution in [2.75, 3.05) is 33.7 Å². The number of amides is 2. The van der Waals surface area contributed by atoms with E-state index >= 15 is 0 Å². The van der Waals surface area contributed by atoms with Gasteiger partial charge in [0.2, 0.25) is 11.8 Å². The Morgan fingerprint density at radius 2 is 2.33 bits per heavy atom. The second kappa shape index (κ2) is 7.04. The van der Waals surface area contributed by atoms with Crippen LogP contribution < -0.4 is 5.32 Å². The number of carbonyl (C=O) groups excluding carboxylic acids is 2. The Labute approximate surface area is 129 Å². The summed E-state index contributed by atoms with van der Waals surface area (Å²) in [5.41, 5.74) is 0. The van der Waals surface area contributed by atoms with Gasteiger partial charge in [0.05, 0.1) is 12.0 Å². The van der Waals surface area contributed by atoms with Crippen molar-refractivity contribution in [3.8, 4) is 0 Å². The monoisotopic (exact) mass is 309 g/mol. The highest BCUT2D eigenvalue weighted by molar-refractivity contribution is 7.10. The summed E-state index contributed by atoms with van der Waals surface area (Å²) in [6.07, 6.45) is 0.339. The molecular weight excluding hydrogens is 286 g/mol. The number of thiophene rings is 1. The zero-order valence-corrected chi connectivity index (χ0v) is 13.7. The molecule has 1 saturated heterocycles. The third-order valence-corrected chi connectivity index (χ3v) is 4.91. The molecule has 21 heavy (non-hydrogen) atoms. The molecule has 0 saturated carbocycles. The molecule has 2 atom stereocenters. The summed E-state index contributed by atoms with van der Waals surface area (Å²) >= 11 is 1.69. The van der Waals surface area contributed by atoms with Gasteiger partial charge in [0.15, 0.2) is 0 Å². The van der Waals surface area contributed by atoms with Crippen molar-refractivity contribution < 1.29 is 9.59 Å². The van der Waals surface area contributed by atoms with E-state index in [-0.39, 0.29) is 23.8 Å². The minimum absolute atomic E-state index is 0.0114.